The molecule has 4 atom stereocenters. The molecule has 1 heterocycles. The number of hydrogen-bond donors (Lipinski definition) is 1. The van der Waals surface area contributed by atoms with Crippen LogP contribution in [0.25, 0.3) is 0 Å². The standard InChI is InChI=1S/C22H31FN2O4/c1-22(2)11-7-10-16(12-22)24-20(26)18-19(28-3)17(23)13-25(18)21(27)29-14-15-8-5-4-6-9-15/h4-6,8-9,16-19H,7,10-14H2,1-3H3,(H,24,26)/t16?,17-,18-,19+/m0/s1. The molecule has 1 saturated carbocycles. The molecule has 0 bridgehead atoms. The zero-order chi connectivity index (χ0) is 21.0. The van der Waals surface area contributed by atoms with Gasteiger partial charge < -0.3 is 14.8 Å². The van der Waals surface area contributed by atoms with E-state index in [0.29, 0.717) is 0 Å². The number of ether oxygens (including phenoxy) is 2. The maximum atomic E-state index is 14.5. The van der Waals surface area contributed by atoms with Gasteiger partial charge in [0.25, 0.3) is 0 Å². The number of carbonyl (C=O) groups is 2. The normalized spacial score (nSPS) is 28.8. The first-order valence-electron chi connectivity index (χ1n) is 10.3. The number of hydrogen-bond acceptors (Lipinski definition) is 4. The molecule has 1 aromatic carbocycles. The molecule has 1 N–H and O–H groups in total. The Kier molecular flexibility index (Phi) is 6.77. The highest BCUT2D eigenvalue weighted by atomic mass is 19.1. The predicted octanol–water partition coefficient (Wildman–Crippen LogP) is 3.45. The van der Waals surface area contributed by atoms with Crippen molar-refractivity contribution in [1.29, 1.82) is 0 Å². The van der Waals surface area contributed by atoms with E-state index < -0.39 is 24.4 Å². The SMILES string of the molecule is CO[C@H]1[C@@H](C(=O)NC2CCCC(C)(C)C2)N(C(=O)OCc2ccccc2)C[C@@H]1F. The van der Waals surface area contributed by atoms with E-state index in [2.05, 4.69) is 19.2 Å². The third-order valence-electron chi connectivity index (χ3n) is 5.91. The number of carbonyl (C=O) groups excluding carboxylic acids is 2. The van der Waals surface area contributed by atoms with Crippen LogP contribution in [0.15, 0.2) is 30.3 Å². The van der Waals surface area contributed by atoms with Crippen LogP contribution < -0.4 is 5.32 Å². The van der Waals surface area contributed by atoms with E-state index in [0.717, 1.165) is 36.1 Å². The fraction of sp³-hybridized carbons (Fsp3) is 0.636. The summed E-state index contributed by atoms with van der Waals surface area (Å²) in [5.74, 6) is -0.378. The van der Waals surface area contributed by atoms with Gasteiger partial charge in [-0.25, -0.2) is 9.18 Å². The lowest BCUT2D eigenvalue weighted by molar-refractivity contribution is -0.130. The summed E-state index contributed by atoms with van der Waals surface area (Å²) in [5.41, 5.74) is 0.981. The summed E-state index contributed by atoms with van der Waals surface area (Å²) in [6.45, 7) is 4.21. The van der Waals surface area contributed by atoms with Crippen LogP contribution in [0.1, 0.15) is 45.1 Å². The molecule has 6 nitrogen and oxygen atoms in total. The molecule has 160 valence electrons. The maximum absolute atomic E-state index is 14.5. The Bertz CT molecular complexity index is 712. The van der Waals surface area contributed by atoms with Crippen LogP contribution in [0, 0.1) is 5.41 Å². The average molecular weight is 406 g/mol. The van der Waals surface area contributed by atoms with Gasteiger partial charge in [-0.15, -0.1) is 0 Å². The predicted molar refractivity (Wildman–Crippen MR) is 107 cm³/mol. The minimum Gasteiger partial charge on any atom is -0.445 e. The molecule has 2 fully saturated rings. The second-order valence-corrected chi connectivity index (χ2v) is 8.82. The molecular weight excluding hydrogens is 375 g/mol. The van der Waals surface area contributed by atoms with E-state index in [1.807, 2.05) is 30.3 Å². The van der Waals surface area contributed by atoms with Crippen LogP contribution in [0.3, 0.4) is 0 Å². The number of alkyl halides is 1. The largest absolute Gasteiger partial charge is 0.445 e. The first-order chi connectivity index (χ1) is 13.8. The van der Waals surface area contributed by atoms with Crippen molar-refractivity contribution < 1.29 is 23.5 Å². The Morgan fingerprint density at radius 2 is 2.00 bits per heavy atom. The van der Waals surface area contributed by atoms with Crippen LogP contribution in [0.2, 0.25) is 0 Å². The number of rotatable bonds is 5. The molecule has 2 amide bonds. The van der Waals surface area contributed by atoms with Crippen LogP contribution >= 0.6 is 0 Å². The third-order valence-corrected chi connectivity index (χ3v) is 5.91. The summed E-state index contributed by atoms with van der Waals surface area (Å²) >= 11 is 0. The number of nitrogens with zero attached hydrogens (tertiary/aromatic N) is 1. The van der Waals surface area contributed by atoms with Crippen LogP contribution in [0.5, 0.6) is 0 Å². The minimum absolute atomic E-state index is 0.0182. The molecule has 1 aliphatic carbocycles. The molecule has 0 spiro atoms. The highest BCUT2D eigenvalue weighted by Crippen LogP contribution is 2.35. The number of methoxy groups -OCH3 is 1. The third kappa shape index (κ3) is 5.26. The van der Waals surface area contributed by atoms with Crippen molar-refractivity contribution in [2.75, 3.05) is 13.7 Å². The van der Waals surface area contributed by atoms with Gasteiger partial charge in [0.15, 0.2) is 0 Å². The van der Waals surface area contributed by atoms with E-state index in [4.69, 9.17) is 9.47 Å². The minimum atomic E-state index is -1.44. The first kappa shape index (κ1) is 21.6. The van der Waals surface area contributed by atoms with E-state index in [-0.39, 0.29) is 30.5 Å². The average Bonchev–Trinajstić information content (AvgIpc) is 3.02. The van der Waals surface area contributed by atoms with Crippen molar-refractivity contribution in [3.8, 4) is 0 Å². The van der Waals surface area contributed by atoms with Crippen LogP contribution in [-0.4, -0.2) is 54.9 Å². The number of benzene rings is 1. The summed E-state index contributed by atoms with van der Waals surface area (Å²) in [5, 5.41) is 3.02. The fourth-order valence-electron chi connectivity index (χ4n) is 4.45. The molecule has 1 unspecified atom stereocenters. The quantitative estimate of drug-likeness (QED) is 0.813. The number of likely N-dealkylation sites (tertiary alicyclic amines) is 1. The van der Waals surface area contributed by atoms with Gasteiger partial charge in [-0.2, -0.15) is 0 Å². The lowest BCUT2D eigenvalue weighted by atomic mass is 9.75. The van der Waals surface area contributed by atoms with E-state index in [1.165, 1.54) is 7.11 Å². The van der Waals surface area contributed by atoms with Crippen molar-refractivity contribution in [2.45, 2.75) is 70.5 Å². The van der Waals surface area contributed by atoms with Gasteiger partial charge in [0.05, 0.1) is 6.54 Å². The summed E-state index contributed by atoms with van der Waals surface area (Å²) in [6, 6.07) is 8.21. The molecule has 0 aromatic heterocycles. The number of amides is 2. The van der Waals surface area contributed by atoms with Gasteiger partial charge in [0.1, 0.15) is 24.9 Å². The summed E-state index contributed by atoms with van der Waals surface area (Å²) in [7, 11) is 1.36. The zero-order valence-corrected chi connectivity index (χ0v) is 17.4. The Hall–Kier alpha value is -2.15. The molecule has 29 heavy (non-hydrogen) atoms. The lowest BCUT2D eigenvalue weighted by Gasteiger charge is -2.36. The summed E-state index contributed by atoms with van der Waals surface area (Å²) < 4.78 is 25.1. The Morgan fingerprint density at radius 1 is 1.28 bits per heavy atom. The zero-order valence-electron chi connectivity index (χ0n) is 17.4. The smallest absolute Gasteiger partial charge is 0.410 e. The van der Waals surface area contributed by atoms with Crippen molar-refractivity contribution in [2.24, 2.45) is 5.41 Å². The highest BCUT2D eigenvalue weighted by Gasteiger charge is 2.50. The molecule has 7 heteroatoms. The topological polar surface area (TPSA) is 67.9 Å². The van der Waals surface area contributed by atoms with Crippen molar-refractivity contribution in [3.63, 3.8) is 0 Å². The number of nitrogens with one attached hydrogen (secondary N) is 1. The molecule has 1 saturated heterocycles. The maximum Gasteiger partial charge on any atom is 0.410 e. The molecule has 2 aliphatic rings. The molecule has 3 rings (SSSR count). The van der Waals surface area contributed by atoms with Gasteiger partial charge in [0, 0.05) is 13.2 Å². The molecule has 1 aliphatic heterocycles. The molecule has 0 radical (unpaired) electrons. The van der Waals surface area contributed by atoms with Gasteiger partial charge in [-0.1, -0.05) is 50.6 Å². The lowest BCUT2D eigenvalue weighted by Crippen LogP contribution is -2.54. The Labute approximate surface area is 171 Å². The Balaban J connectivity index is 1.67. The van der Waals surface area contributed by atoms with Gasteiger partial charge in [0.2, 0.25) is 5.91 Å². The number of halogens is 1. The monoisotopic (exact) mass is 406 g/mol. The van der Waals surface area contributed by atoms with Gasteiger partial charge in [-0.05, 0) is 30.2 Å². The van der Waals surface area contributed by atoms with Gasteiger partial charge >= 0.3 is 6.09 Å². The van der Waals surface area contributed by atoms with Crippen molar-refractivity contribution in [1.82, 2.24) is 10.2 Å². The van der Waals surface area contributed by atoms with Crippen molar-refractivity contribution in [3.05, 3.63) is 35.9 Å². The van der Waals surface area contributed by atoms with E-state index in [1.54, 1.807) is 0 Å². The van der Waals surface area contributed by atoms with Gasteiger partial charge in [-0.3, -0.25) is 9.69 Å². The Morgan fingerprint density at radius 3 is 2.66 bits per heavy atom. The van der Waals surface area contributed by atoms with E-state index in [9.17, 15) is 14.0 Å². The first-order valence-corrected chi connectivity index (χ1v) is 10.3. The summed E-state index contributed by atoms with van der Waals surface area (Å²) in [6.07, 6.45) is 0.746. The van der Waals surface area contributed by atoms with E-state index >= 15 is 0 Å². The fourth-order valence-corrected chi connectivity index (χ4v) is 4.45. The van der Waals surface area contributed by atoms with Crippen molar-refractivity contribution >= 4 is 12.0 Å². The summed E-state index contributed by atoms with van der Waals surface area (Å²) in [4.78, 5) is 26.8. The second kappa shape index (κ2) is 9.11. The highest BCUT2D eigenvalue weighted by molar-refractivity contribution is 5.87. The van der Waals surface area contributed by atoms with Crippen LogP contribution in [-0.2, 0) is 20.9 Å². The molecule has 1 aromatic rings. The van der Waals surface area contributed by atoms with Crippen LogP contribution in [0.4, 0.5) is 9.18 Å². The second-order valence-electron chi connectivity index (χ2n) is 8.82. The molecular formula is C22H31FN2O4.